The first-order valence-electron chi connectivity index (χ1n) is 10.9. The van der Waals surface area contributed by atoms with Gasteiger partial charge in [0.1, 0.15) is 6.61 Å². The predicted octanol–water partition coefficient (Wildman–Crippen LogP) is 6.84. The third-order valence-electron chi connectivity index (χ3n) is 5.51. The molecule has 6 nitrogen and oxygen atoms in total. The SMILES string of the molecule is COc1cc(/C=N\n2c(-c3ccccc3)n[nH]c2=S)cc(I)c1OCc1cccc2ccccc12. The third kappa shape index (κ3) is 4.98. The van der Waals surface area contributed by atoms with Gasteiger partial charge in [-0.3, -0.25) is 0 Å². The molecule has 0 bridgehead atoms. The molecular weight excluding hydrogens is 571 g/mol. The van der Waals surface area contributed by atoms with Crippen LogP contribution in [0.25, 0.3) is 22.2 Å². The summed E-state index contributed by atoms with van der Waals surface area (Å²) >= 11 is 7.64. The second-order valence-electron chi connectivity index (χ2n) is 7.74. The van der Waals surface area contributed by atoms with Crippen molar-refractivity contribution >= 4 is 51.8 Å². The van der Waals surface area contributed by atoms with E-state index in [1.54, 1.807) is 18.0 Å². The van der Waals surface area contributed by atoms with Crippen molar-refractivity contribution in [3.05, 3.63) is 104 Å². The molecule has 4 aromatic carbocycles. The molecule has 35 heavy (non-hydrogen) atoms. The van der Waals surface area contributed by atoms with Crippen molar-refractivity contribution in [3.8, 4) is 22.9 Å². The Labute approximate surface area is 221 Å². The zero-order valence-corrected chi connectivity index (χ0v) is 21.8. The summed E-state index contributed by atoms with van der Waals surface area (Å²) in [6, 6.07) is 28.2. The van der Waals surface area contributed by atoms with Gasteiger partial charge >= 0.3 is 0 Å². The smallest absolute Gasteiger partial charge is 0.216 e. The molecule has 1 heterocycles. The van der Waals surface area contributed by atoms with E-state index in [-0.39, 0.29) is 0 Å². The standard InChI is InChI=1S/C27H21IN4O2S/c1-33-24-15-18(16-29-32-26(30-31-27(32)35)20-9-3-2-4-10-20)14-23(28)25(24)34-17-21-12-7-11-19-8-5-6-13-22(19)21/h2-16H,17H2,1H3,(H,31,35)/b29-16-. The minimum absolute atomic E-state index is 0.414. The molecular formula is C27H21IN4O2S. The topological polar surface area (TPSA) is 64.4 Å². The normalized spacial score (nSPS) is 11.3. The Balaban J connectivity index is 1.41. The van der Waals surface area contributed by atoms with Gasteiger partial charge in [0.2, 0.25) is 4.77 Å². The second kappa shape index (κ2) is 10.4. The maximum absolute atomic E-state index is 6.24. The van der Waals surface area contributed by atoms with Crippen LogP contribution in [0.1, 0.15) is 11.1 Å². The molecule has 0 fully saturated rings. The molecule has 0 radical (unpaired) electrons. The number of rotatable bonds is 7. The van der Waals surface area contributed by atoms with E-state index in [1.165, 1.54) is 10.8 Å². The monoisotopic (exact) mass is 592 g/mol. The Hall–Kier alpha value is -3.50. The summed E-state index contributed by atoms with van der Waals surface area (Å²) in [6.07, 6.45) is 1.73. The first-order valence-corrected chi connectivity index (χ1v) is 12.4. The number of fused-ring (bicyclic) bond motifs is 1. The number of H-pyrrole nitrogens is 1. The maximum atomic E-state index is 6.24. The number of nitrogens with zero attached hydrogens (tertiary/aromatic N) is 3. The van der Waals surface area contributed by atoms with E-state index in [0.29, 0.717) is 28.7 Å². The predicted molar refractivity (Wildman–Crippen MR) is 150 cm³/mol. The van der Waals surface area contributed by atoms with E-state index < -0.39 is 0 Å². The third-order valence-corrected chi connectivity index (χ3v) is 6.57. The van der Waals surface area contributed by atoms with Gasteiger partial charge in [0.25, 0.3) is 0 Å². The van der Waals surface area contributed by atoms with E-state index in [2.05, 4.69) is 62.2 Å². The van der Waals surface area contributed by atoms with Crippen molar-refractivity contribution in [1.82, 2.24) is 14.9 Å². The zero-order chi connectivity index (χ0) is 24.2. The summed E-state index contributed by atoms with van der Waals surface area (Å²) < 4.78 is 14.8. The number of ether oxygens (including phenoxy) is 2. The number of methoxy groups -OCH3 is 1. The molecule has 5 aromatic rings. The number of benzene rings is 4. The van der Waals surface area contributed by atoms with E-state index in [4.69, 9.17) is 21.7 Å². The van der Waals surface area contributed by atoms with E-state index in [0.717, 1.165) is 20.3 Å². The Morgan fingerprint density at radius 2 is 1.80 bits per heavy atom. The van der Waals surface area contributed by atoms with E-state index >= 15 is 0 Å². The van der Waals surface area contributed by atoms with Crippen LogP contribution in [-0.4, -0.2) is 28.2 Å². The first-order chi connectivity index (χ1) is 17.1. The molecule has 8 heteroatoms. The highest BCUT2D eigenvalue weighted by Crippen LogP contribution is 2.34. The molecule has 0 atom stereocenters. The van der Waals surface area contributed by atoms with Crippen LogP contribution in [0.2, 0.25) is 0 Å². The number of hydrogen-bond acceptors (Lipinski definition) is 5. The summed E-state index contributed by atoms with van der Waals surface area (Å²) in [4.78, 5) is 0. The number of aromatic amines is 1. The Kier molecular flexibility index (Phi) is 6.91. The van der Waals surface area contributed by atoms with Gasteiger partial charge < -0.3 is 9.47 Å². The van der Waals surface area contributed by atoms with Crippen LogP contribution in [0, 0.1) is 8.34 Å². The summed E-state index contributed by atoms with van der Waals surface area (Å²) in [5.41, 5.74) is 2.89. The number of nitrogens with one attached hydrogen (secondary N) is 1. The lowest BCUT2D eigenvalue weighted by atomic mass is 10.1. The fourth-order valence-electron chi connectivity index (χ4n) is 3.82. The maximum Gasteiger partial charge on any atom is 0.216 e. The van der Waals surface area contributed by atoms with Gasteiger partial charge in [-0.05, 0) is 68.8 Å². The number of halogens is 1. The summed E-state index contributed by atoms with van der Waals surface area (Å²) in [7, 11) is 1.64. The molecule has 0 aliphatic carbocycles. The van der Waals surface area contributed by atoms with E-state index in [1.807, 2.05) is 60.7 Å². The first kappa shape index (κ1) is 23.3. The number of hydrogen-bond donors (Lipinski definition) is 1. The van der Waals surface area contributed by atoms with Crippen molar-refractivity contribution in [3.63, 3.8) is 0 Å². The minimum Gasteiger partial charge on any atom is -0.493 e. The average molecular weight is 592 g/mol. The van der Waals surface area contributed by atoms with Crippen LogP contribution in [-0.2, 0) is 6.61 Å². The lowest BCUT2D eigenvalue weighted by Crippen LogP contribution is -2.02. The quantitative estimate of drug-likeness (QED) is 0.128. The van der Waals surface area contributed by atoms with Crippen LogP contribution in [0.5, 0.6) is 11.5 Å². The Morgan fingerprint density at radius 1 is 1.03 bits per heavy atom. The van der Waals surface area contributed by atoms with Gasteiger partial charge in [-0.1, -0.05) is 72.8 Å². The highest BCUT2D eigenvalue weighted by atomic mass is 127. The van der Waals surface area contributed by atoms with Crippen LogP contribution < -0.4 is 9.47 Å². The van der Waals surface area contributed by atoms with Gasteiger partial charge in [0.05, 0.1) is 16.9 Å². The molecule has 0 saturated heterocycles. The molecule has 5 rings (SSSR count). The molecule has 1 aromatic heterocycles. The van der Waals surface area contributed by atoms with Crippen LogP contribution >= 0.6 is 34.8 Å². The van der Waals surface area contributed by atoms with Gasteiger partial charge in [-0.15, -0.1) is 0 Å². The van der Waals surface area contributed by atoms with Crippen LogP contribution in [0.4, 0.5) is 0 Å². The molecule has 1 N–H and O–H groups in total. The van der Waals surface area contributed by atoms with Gasteiger partial charge in [-0.25, -0.2) is 5.10 Å². The molecule has 0 aliphatic rings. The van der Waals surface area contributed by atoms with Crippen molar-refractivity contribution in [2.24, 2.45) is 5.10 Å². The molecule has 0 saturated carbocycles. The second-order valence-corrected chi connectivity index (χ2v) is 9.28. The van der Waals surface area contributed by atoms with Crippen molar-refractivity contribution in [2.45, 2.75) is 6.61 Å². The molecule has 0 aliphatic heterocycles. The van der Waals surface area contributed by atoms with Gasteiger partial charge in [0.15, 0.2) is 17.3 Å². The van der Waals surface area contributed by atoms with Crippen molar-refractivity contribution in [1.29, 1.82) is 0 Å². The fourth-order valence-corrected chi connectivity index (χ4v) is 4.78. The van der Waals surface area contributed by atoms with E-state index in [9.17, 15) is 0 Å². The van der Waals surface area contributed by atoms with Crippen LogP contribution in [0.15, 0.2) is 90.0 Å². The summed E-state index contributed by atoms with van der Waals surface area (Å²) in [6.45, 7) is 0.436. The molecule has 0 spiro atoms. The van der Waals surface area contributed by atoms with Gasteiger partial charge in [-0.2, -0.15) is 14.9 Å². The lowest BCUT2D eigenvalue weighted by molar-refractivity contribution is 0.283. The van der Waals surface area contributed by atoms with Gasteiger partial charge in [0, 0.05) is 5.56 Å². The zero-order valence-electron chi connectivity index (χ0n) is 18.8. The summed E-state index contributed by atoms with van der Waals surface area (Å²) in [5, 5.41) is 14.1. The fraction of sp³-hybridized carbons (Fsp3) is 0.0741. The summed E-state index contributed by atoms with van der Waals surface area (Å²) in [5.74, 6) is 1.98. The minimum atomic E-state index is 0.414. The van der Waals surface area contributed by atoms with Crippen molar-refractivity contribution < 1.29 is 9.47 Å². The number of aromatic nitrogens is 3. The van der Waals surface area contributed by atoms with Crippen molar-refractivity contribution in [2.75, 3.05) is 7.11 Å². The highest BCUT2D eigenvalue weighted by Gasteiger charge is 2.13. The lowest BCUT2D eigenvalue weighted by Gasteiger charge is -2.14. The molecule has 174 valence electrons. The molecule has 0 unspecified atom stereocenters. The van der Waals surface area contributed by atoms with Crippen LogP contribution in [0.3, 0.4) is 0 Å². The molecule has 0 amide bonds. The largest absolute Gasteiger partial charge is 0.493 e. The Bertz CT molecular complexity index is 1570. The Morgan fingerprint density at radius 3 is 2.63 bits per heavy atom. The average Bonchev–Trinajstić information content (AvgIpc) is 3.27. The highest BCUT2D eigenvalue weighted by molar-refractivity contribution is 14.1.